The van der Waals surface area contributed by atoms with Gasteiger partial charge in [-0.15, -0.1) is 0 Å². The van der Waals surface area contributed by atoms with E-state index in [1.807, 2.05) is 0 Å². The minimum absolute atomic E-state index is 0. The van der Waals surface area contributed by atoms with Crippen molar-refractivity contribution in [1.29, 1.82) is 0 Å². The monoisotopic (exact) mass is 138 g/mol. The third-order valence-corrected chi connectivity index (χ3v) is 0. The molecule has 3 heteroatoms. The standard InChI is InChI=1S/C2H8N2.GeH4/c1-2(3)4;/h2H,3-4H2,1H3;1H4. The molecule has 0 radical (unpaired) electrons. The van der Waals surface area contributed by atoms with Crippen molar-refractivity contribution in [3.05, 3.63) is 0 Å². The van der Waals surface area contributed by atoms with Crippen LogP contribution in [0.1, 0.15) is 6.92 Å². The minimum atomic E-state index is -0.167. The zero-order valence-electron chi connectivity index (χ0n) is 2.73. The molecule has 34 valence electrons. The van der Waals surface area contributed by atoms with Gasteiger partial charge < -0.3 is 11.5 Å². The zero-order chi connectivity index (χ0) is 3.58. The van der Waals surface area contributed by atoms with E-state index in [-0.39, 0.29) is 23.8 Å². The molecule has 0 aromatic heterocycles. The molecule has 0 bridgehead atoms. The summed E-state index contributed by atoms with van der Waals surface area (Å²) in [6.45, 7) is 1.72. The molecule has 2 nitrogen and oxygen atoms in total. The van der Waals surface area contributed by atoms with Crippen LogP contribution in [0.15, 0.2) is 0 Å². The molecule has 0 atom stereocenters. The number of hydrogen-bond acceptors (Lipinski definition) is 2. The molecule has 0 aliphatic carbocycles. The first-order valence-electron chi connectivity index (χ1n) is 1.24. The van der Waals surface area contributed by atoms with E-state index in [4.69, 9.17) is 11.5 Å². The van der Waals surface area contributed by atoms with Crippen LogP contribution in [0.25, 0.3) is 0 Å². The van der Waals surface area contributed by atoms with Gasteiger partial charge in [-0.05, 0) is 6.92 Å². The summed E-state index contributed by atoms with van der Waals surface area (Å²) in [6, 6.07) is 0. The molecule has 0 heterocycles. The molecular formula is C2H12GeN2. The van der Waals surface area contributed by atoms with Crippen molar-refractivity contribution < 1.29 is 0 Å². The van der Waals surface area contributed by atoms with Gasteiger partial charge in [0.1, 0.15) is 0 Å². The van der Waals surface area contributed by atoms with E-state index in [2.05, 4.69) is 0 Å². The van der Waals surface area contributed by atoms with Crippen molar-refractivity contribution in [2.24, 2.45) is 11.5 Å². The van der Waals surface area contributed by atoms with Crippen LogP contribution in [-0.2, 0) is 0 Å². The predicted octanol–water partition coefficient (Wildman–Crippen LogP) is -2.20. The average molecular weight is 137 g/mol. The topological polar surface area (TPSA) is 52.0 Å². The Labute approximate surface area is 42.9 Å². The fourth-order valence-corrected chi connectivity index (χ4v) is 0. The van der Waals surface area contributed by atoms with Crippen LogP contribution >= 0.6 is 0 Å². The van der Waals surface area contributed by atoms with E-state index in [1.54, 1.807) is 6.92 Å². The first kappa shape index (κ1) is 9.07. The normalized spacial score (nSPS) is 7.20. The van der Waals surface area contributed by atoms with Gasteiger partial charge in [-0.25, -0.2) is 0 Å². The summed E-state index contributed by atoms with van der Waals surface area (Å²) in [5.74, 6) is 0. The maximum absolute atomic E-state index is 4.89. The fraction of sp³-hybridized carbons (Fsp3) is 1.00. The molecule has 0 fully saturated rings. The van der Waals surface area contributed by atoms with E-state index < -0.39 is 0 Å². The SMILES string of the molecule is CC(N)N.[GeH4]. The molecule has 0 aromatic rings. The Morgan fingerprint density at radius 1 is 1.40 bits per heavy atom. The van der Waals surface area contributed by atoms with Crippen molar-refractivity contribution in [2.75, 3.05) is 0 Å². The molecule has 0 aliphatic heterocycles. The van der Waals surface area contributed by atoms with E-state index in [1.165, 1.54) is 0 Å². The third-order valence-electron chi connectivity index (χ3n) is 0. The van der Waals surface area contributed by atoms with Gasteiger partial charge in [0.15, 0.2) is 0 Å². The van der Waals surface area contributed by atoms with Crippen molar-refractivity contribution in [1.82, 2.24) is 0 Å². The summed E-state index contributed by atoms with van der Waals surface area (Å²) in [6.07, 6.45) is -0.167. The number of rotatable bonds is 0. The van der Waals surface area contributed by atoms with E-state index in [0.29, 0.717) is 0 Å². The van der Waals surface area contributed by atoms with Crippen molar-refractivity contribution >= 4 is 17.6 Å². The van der Waals surface area contributed by atoms with Crippen LogP contribution < -0.4 is 11.5 Å². The van der Waals surface area contributed by atoms with Crippen LogP contribution in [0, 0.1) is 0 Å². The van der Waals surface area contributed by atoms with Gasteiger partial charge in [-0.2, -0.15) is 0 Å². The summed E-state index contributed by atoms with van der Waals surface area (Å²) >= 11 is 0. The Morgan fingerprint density at radius 2 is 1.40 bits per heavy atom. The van der Waals surface area contributed by atoms with E-state index in [0.717, 1.165) is 0 Å². The molecule has 0 amide bonds. The molecular weight excluding hydrogens is 125 g/mol. The maximum atomic E-state index is 4.89. The van der Waals surface area contributed by atoms with Crippen molar-refractivity contribution in [3.8, 4) is 0 Å². The number of hydrogen-bond donors (Lipinski definition) is 2. The van der Waals surface area contributed by atoms with Gasteiger partial charge in [-0.1, -0.05) is 0 Å². The summed E-state index contributed by atoms with van der Waals surface area (Å²) in [5, 5.41) is 0. The first-order chi connectivity index (χ1) is 1.73. The molecule has 4 N–H and O–H groups in total. The Morgan fingerprint density at radius 3 is 1.40 bits per heavy atom. The zero-order valence-corrected chi connectivity index (χ0v) is 2.73. The van der Waals surface area contributed by atoms with Crippen molar-refractivity contribution in [3.63, 3.8) is 0 Å². The van der Waals surface area contributed by atoms with Gasteiger partial charge in [0.05, 0.1) is 0 Å². The summed E-state index contributed by atoms with van der Waals surface area (Å²) in [7, 11) is 0. The van der Waals surface area contributed by atoms with Crippen LogP contribution in [0.5, 0.6) is 0 Å². The summed E-state index contributed by atoms with van der Waals surface area (Å²) < 4.78 is 0. The van der Waals surface area contributed by atoms with Gasteiger partial charge >= 0.3 is 17.6 Å². The second-order valence-corrected chi connectivity index (χ2v) is 0.859. The summed E-state index contributed by atoms with van der Waals surface area (Å²) in [4.78, 5) is 0. The second-order valence-electron chi connectivity index (χ2n) is 0.859. The molecule has 0 saturated heterocycles. The fourth-order valence-electron chi connectivity index (χ4n) is 0. The van der Waals surface area contributed by atoms with Crippen LogP contribution in [0.3, 0.4) is 0 Å². The van der Waals surface area contributed by atoms with Gasteiger partial charge in [0.2, 0.25) is 0 Å². The van der Waals surface area contributed by atoms with E-state index in [9.17, 15) is 0 Å². The molecule has 0 aliphatic rings. The number of nitrogens with two attached hydrogens (primary N) is 2. The van der Waals surface area contributed by atoms with Gasteiger partial charge in [-0.3, -0.25) is 0 Å². The van der Waals surface area contributed by atoms with Gasteiger partial charge in [0, 0.05) is 6.17 Å². The Kier molecular flexibility index (Phi) is 8.10. The van der Waals surface area contributed by atoms with Gasteiger partial charge in [0.25, 0.3) is 0 Å². The molecule has 0 unspecified atom stereocenters. The quantitative estimate of drug-likeness (QED) is 0.294. The first-order valence-corrected chi connectivity index (χ1v) is 1.24. The predicted molar refractivity (Wildman–Crippen MR) is 29.2 cm³/mol. The molecule has 0 aromatic carbocycles. The molecule has 5 heavy (non-hydrogen) atoms. The average Bonchev–Trinajstić information content (AvgIpc) is 0.811. The van der Waals surface area contributed by atoms with Crippen LogP contribution in [0.4, 0.5) is 0 Å². The van der Waals surface area contributed by atoms with E-state index >= 15 is 0 Å². The van der Waals surface area contributed by atoms with Crippen molar-refractivity contribution in [2.45, 2.75) is 13.1 Å². The summed E-state index contributed by atoms with van der Waals surface area (Å²) in [5.41, 5.74) is 9.78. The Balaban J connectivity index is 0. The Bertz CT molecular complexity index is 12.4. The second kappa shape index (κ2) is 4.46. The molecule has 0 rings (SSSR count). The third kappa shape index (κ3) is 126. The molecule has 0 spiro atoms. The van der Waals surface area contributed by atoms with Crippen LogP contribution in [-0.4, -0.2) is 23.8 Å². The molecule has 0 saturated carbocycles. The Hall–Kier alpha value is 0.463. The van der Waals surface area contributed by atoms with Crippen LogP contribution in [0.2, 0.25) is 0 Å².